The Balaban J connectivity index is 1.64. The fraction of sp³-hybridized carbons (Fsp3) is 0.474. The molecule has 2 aliphatic heterocycles. The van der Waals surface area contributed by atoms with Crippen LogP contribution in [0.4, 0.5) is 0 Å². The van der Waals surface area contributed by atoms with Crippen LogP contribution in [0.5, 0.6) is 0 Å². The highest BCUT2D eigenvalue weighted by atomic mass is 16.2. The van der Waals surface area contributed by atoms with E-state index in [0.29, 0.717) is 37.4 Å². The van der Waals surface area contributed by atoms with E-state index in [1.165, 1.54) is 0 Å². The first-order chi connectivity index (χ1) is 13.2. The Morgan fingerprint density at radius 1 is 0.889 bits per heavy atom. The van der Waals surface area contributed by atoms with Crippen LogP contribution in [0, 0.1) is 0 Å². The van der Waals surface area contributed by atoms with E-state index in [1.54, 1.807) is 20.4 Å². The zero-order valence-electron chi connectivity index (χ0n) is 15.2. The second-order valence-corrected chi connectivity index (χ2v) is 7.03. The smallest absolute Gasteiger partial charge is 0.290 e. The minimum Gasteiger partial charge on any atom is -0.342 e. The van der Waals surface area contributed by atoms with Crippen molar-refractivity contribution < 1.29 is 14.4 Å². The number of nitrogens with zero attached hydrogens (tertiary/aromatic N) is 5. The molecular formula is C19H23N5O3. The number of hydrogen-bond acceptors (Lipinski definition) is 4. The normalized spacial score (nSPS) is 18.0. The van der Waals surface area contributed by atoms with Crippen LogP contribution in [0.2, 0.25) is 0 Å². The summed E-state index contributed by atoms with van der Waals surface area (Å²) in [5.74, 6) is -0.0619. The molecule has 0 saturated carbocycles. The molecule has 0 aromatic carbocycles. The van der Waals surface area contributed by atoms with Crippen molar-refractivity contribution in [1.29, 1.82) is 0 Å². The van der Waals surface area contributed by atoms with Crippen molar-refractivity contribution in [2.24, 2.45) is 0 Å². The second kappa shape index (κ2) is 7.38. The quantitative estimate of drug-likeness (QED) is 0.753. The van der Waals surface area contributed by atoms with Gasteiger partial charge in [0.2, 0.25) is 12.2 Å². The molecule has 3 amide bonds. The average Bonchev–Trinajstić information content (AvgIpc) is 3.13. The lowest BCUT2D eigenvalue weighted by atomic mass is 10.1. The number of piperazine rings is 1. The predicted molar refractivity (Wildman–Crippen MR) is 98.5 cm³/mol. The number of carbonyl (C=O) groups excluding carboxylic acids is 3. The van der Waals surface area contributed by atoms with E-state index in [9.17, 15) is 14.4 Å². The fourth-order valence-electron chi connectivity index (χ4n) is 3.76. The van der Waals surface area contributed by atoms with Gasteiger partial charge in [-0.15, -0.1) is 0 Å². The molecule has 2 aromatic rings. The topological polar surface area (TPSA) is 78.2 Å². The molecule has 0 bridgehead atoms. The van der Waals surface area contributed by atoms with Gasteiger partial charge in [-0.25, -0.2) is 4.98 Å². The van der Waals surface area contributed by atoms with Crippen molar-refractivity contribution in [3.8, 4) is 0 Å². The summed E-state index contributed by atoms with van der Waals surface area (Å²) in [5.41, 5.74) is 0.996. The van der Waals surface area contributed by atoms with Gasteiger partial charge in [0, 0.05) is 45.5 Å². The lowest BCUT2D eigenvalue weighted by molar-refractivity contribution is -0.119. The maximum Gasteiger partial charge on any atom is 0.290 e. The van der Waals surface area contributed by atoms with Gasteiger partial charge < -0.3 is 14.7 Å². The minimum atomic E-state index is -0.209. The molecule has 4 heterocycles. The third-order valence-corrected chi connectivity index (χ3v) is 5.34. The highest BCUT2D eigenvalue weighted by Crippen LogP contribution is 2.19. The predicted octanol–water partition coefficient (Wildman–Crippen LogP) is 0.875. The van der Waals surface area contributed by atoms with Gasteiger partial charge in [0.15, 0.2) is 5.69 Å². The summed E-state index contributed by atoms with van der Waals surface area (Å²) in [6.45, 7) is 3.43. The van der Waals surface area contributed by atoms with Gasteiger partial charge in [-0.1, -0.05) is 6.07 Å². The molecule has 0 atom stereocenters. The summed E-state index contributed by atoms with van der Waals surface area (Å²) in [6, 6.07) is 5.50. The number of likely N-dealkylation sites (tertiary alicyclic amines) is 1. The maximum atomic E-state index is 13.0. The van der Waals surface area contributed by atoms with E-state index in [4.69, 9.17) is 0 Å². The Bertz CT molecular complexity index is 863. The molecule has 4 rings (SSSR count). The standard InChI is InChI=1S/C19H23N5O3/c25-14-21-10-12-23(13-11-21)19(27)17-20-16(15-6-2-5-9-24(15)17)18(26)22-7-3-1-4-8-22/h2,5-6,9,14H,1,3-4,7-8,10-13H2. The highest BCUT2D eigenvalue weighted by molar-refractivity contribution is 6.02. The van der Waals surface area contributed by atoms with E-state index in [1.807, 2.05) is 23.1 Å². The van der Waals surface area contributed by atoms with E-state index >= 15 is 0 Å². The van der Waals surface area contributed by atoms with Crippen LogP contribution in [-0.2, 0) is 4.79 Å². The third-order valence-electron chi connectivity index (χ3n) is 5.34. The van der Waals surface area contributed by atoms with Crippen molar-refractivity contribution in [2.45, 2.75) is 19.3 Å². The Morgan fingerprint density at radius 3 is 2.30 bits per heavy atom. The van der Waals surface area contributed by atoms with Crippen LogP contribution in [-0.4, -0.2) is 81.6 Å². The van der Waals surface area contributed by atoms with E-state index < -0.39 is 0 Å². The number of amides is 3. The van der Waals surface area contributed by atoms with Crippen LogP contribution in [0.3, 0.4) is 0 Å². The summed E-state index contributed by atoms with van der Waals surface area (Å²) < 4.78 is 1.70. The molecule has 0 aliphatic carbocycles. The van der Waals surface area contributed by atoms with Gasteiger partial charge in [-0.05, 0) is 31.4 Å². The number of piperidine rings is 1. The Kier molecular flexibility index (Phi) is 4.79. The average molecular weight is 369 g/mol. The molecule has 2 aliphatic rings. The number of imidazole rings is 1. The van der Waals surface area contributed by atoms with Crippen LogP contribution in [0.25, 0.3) is 5.52 Å². The SMILES string of the molecule is O=CN1CCN(C(=O)c2nc(C(=O)N3CCCCC3)c3ccccn23)CC1. The van der Waals surface area contributed by atoms with E-state index in [-0.39, 0.29) is 17.6 Å². The first-order valence-corrected chi connectivity index (χ1v) is 9.44. The molecule has 8 heteroatoms. The van der Waals surface area contributed by atoms with Gasteiger partial charge in [0.25, 0.3) is 11.8 Å². The molecule has 2 fully saturated rings. The summed E-state index contributed by atoms with van der Waals surface area (Å²) in [5, 5.41) is 0. The monoisotopic (exact) mass is 369 g/mol. The molecule has 2 saturated heterocycles. The molecule has 8 nitrogen and oxygen atoms in total. The van der Waals surface area contributed by atoms with Gasteiger partial charge in [0.05, 0.1) is 5.52 Å². The van der Waals surface area contributed by atoms with Crippen molar-refractivity contribution in [3.63, 3.8) is 0 Å². The number of fused-ring (bicyclic) bond motifs is 1. The first-order valence-electron chi connectivity index (χ1n) is 9.44. The van der Waals surface area contributed by atoms with Gasteiger partial charge in [-0.2, -0.15) is 0 Å². The van der Waals surface area contributed by atoms with E-state index in [0.717, 1.165) is 38.8 Å². The zero-order valence-corrected chi connectivity index (χ0v) is 15.2. The second-order valence-electron chi connectivity index (χ2n) is 7.03. The van der Waals surface area contributed by atoms with Crippen LogP contribution >= 0.6 is 0 Å². The number of rotatable bonds is 3. The Labute approximate surface area is 157 Å². The molecule has 0 N–H and O–H groups in total. The summed E-state index contributed by atoms with van der Waals surface area (Å²) in [4.78, 5) is 46.5. The fourth-order valence-corrected chi connectivity index (χ4v) is 3.76. The maximum absolute atomic E-state index is 13.0. The lowest BCUT2D eigenvalue weighted by Gasteiger charge is -2.32. The van der Waals surface area contributed by atoms with Gasteiger partial charge in [-0.3, -0.25) is 18.8 Å². The van der Waals surface area contributed by atoms with Gasteiger partial charge in [0.1, 0.15) is 0 Å². The summed E-state index contributed by atoms with van der Waals surface area (Å²) in [6.07, 6.45) is 5.73. The van der Waals surface area contributed by atoms with Crippen molar-refractivity contribution in [3.05, 3.63) is 35.9 Å². The molecule has 142 valence electrons. The molecule has 0 spiro atoms. The van der Waals surface area contributed by atoms with Crippen LogP contribution < -0.4 is 0 Å². The summed E-state index contributed by atoms with van der Waals surface area (Å²) in [7, 11) is 0. The van der Waals surface area contributed by atoms with Crippen molar-refractivity contribution in [1.82, 2.24) is 24.1 Å². The van der Waals surface area contributed by atoms with Crippen LogP contribution in [0.15, 0.2) is 24.4 Å². The Hall–Kier alpha value is -2.90. The molecule has 27 heavy (non-hydrogen) atoms. The number of pyridine rings is 1. The lowest BCUT2D eigenvalue weighted by Crippen LogP contribution is -2.48. The van der Waals surface area contributed by atoms with Gasteiger partial charge >= 0.3 is 0 Å². The van der Waals surface area contributed by atoms with Crippen LogP contribution in [0.1, 0.15) is 40.4 Å². The molecule has 0 unspecified atom stereocenters. The number of carbonyl (C=O) groups is 3. The van der Waals surface area contributed by atoms with Crippen molar-refractivity contribution >= 4 is 23.7 Å². The van der Waals surface area contributed by atoms with E-state index in [2.05, 4.69) is 4.98 Å². The summed E-state index contributed by atoms with van der Waals surface area (Å²) >= 11 is 0. The minimum absolute atomic E-state index is 0.108. The Morgan fingerprint density at radius 2 is 1.59 bits per heavy atom. The molecule has 2 aromatic heterocycles. The zero-order chi connectivity index (χ0) is 18.8. The largest absolute Gasteiger partial charge is 0.342 e. The first kappa shape index (κ1) is 17.5. The molecule has 0 radical (unpaired) electrons. The number of hydrogen-bond donors (Lipinski definition) is 0. The number of aromatic nitrogens is 2. The highest BCUT2D eigenvalue weighted by Gasteiger charge is 2.29. The molecular weight excluding hydrogens is 346 g/mol. The van der Waals surface area contributed by atoms with Crippen molar-refractivity contribution in [2.75, 3.05) is 39.3 Å². The third kappa shape index (κ3) is 3.27.